The van der Waals surface area contributed by atoms with Crippen LogP contribution < -0.4 is 10.1 Å². The lowest BCUT2D eigenvalue weighted by Gasteiger charge is -2.18. The molecule has 0 amide bonds. The number of hydrogen-bond acceptors (Lipinski definition) is 7. The van der Waals surface area contributed by atoms with Crippen molar-refractivity contribution in [2.75, 3.05) is 5.32 Å². The molecule has 1 aliphatic carbocycles. The number of nitriles is 1. The van der Waals surface area contributed by atoms with Crippen LogP contribution in [0.2, 0.25) is 0 Å². The quantitative estimate of drug-likeness (QED) is 0.664. The lowest BCUT2D eigenvalue weighted by atomic mass is 10.1. The van der Waals surface area contributed by atoms with Crippen molar-refractivity contribution < 1.29 is 4.74 Å². The highest BCUT2D eigenvalue weighted by atomic mass is 16.5. The number of aromatic nitrogens is 4. The summed E-state index contributed by atoms with van der Waals surface area (Å²) in [6.07, 6.45) is 7.69. The molecule has 0 saturated carbocycles. The number of aryl methyl sites for hydroxylation is 3. The maximum absolute atomic E-state index is 8.99. The molecule has 0 aliphatic heterocycles. The van der Waals surface area contributed by atoms with Gasteiger partial charge in [-0.2, -0.15) is 10.4 Å². The van der Waals surface area contributed by atoms with E-state index >= 15 is 0 Å². The molecule has 2 aromatic heterocycles. The highest BCUT2D eigenvalue weighted by molar-refractivity contribution is 5.88. The monoisotopic (exact) mass is 373 g/mol. The maximum Gasteiger partial charge on any atom is 0.159 e. The van der Waals surface area contributed by atoms with Crippen molar-refractivity contribution in [3.8, 4) is 11.8 Å². The van der Waals surface area contributed by atoms with Gasteiger partial charge in [0.2, 0.25) is 0 Å². The molecule has 1 aliphatic rings. The number of rotatable bonds is 5. The molecule has 0 saturated heterocycles. The smallest absolute Gasteiger partial charge is 0.159 e. The van der Waals surface area contributed by atoms with Gasteiger partial charge in [0, 0.05) is 31.1 Å². The number of nitrogens with zero attached hydrogens (tertiary/aromatic N) is 5. The number of anilines is 2. The van der Waals surface area contributed by atoms with Crippen molar-refractivity contribution in [2.24, 2.45) is 7.05 Å². The van der Waals surface area contributed by atoms with Crippen molar-refractivity contribution in [1.29, 1.82) is 10.7 Å². The standard InChI is InChI=1S/C20H19N7O/c1-12-5-13(7-21)17(26-15-10-24-27(2)11-15)6-19(12)28-18-4-3-16-20(18)23-9-14(8-22)25-16/h5-7,9-11,18,21,26H,3-4H2,1-2H3. The molecule has 2 heterocycles. The molecule has 1 unspecified atom stereocenters. The van der Waals surface area contributed by atoms with Gasteiger partial charge in [-0.3, -0.25) is 9.67 Å². The first-order chi connectivity index (χ1) is 13.6. The zero-order valence-electron chi connectivity index (χ0n) is 15.6. The van der Waals surface area contributed by atoms with Crippen molar-refractivity contribution >= 4 is 17.6 Å². The SMILES string of the molecule is Cc1cc(C=N)c(Nc2cnn(C)c2)cc1OC1CCc2nc(C#N)cnc21. The summed E-state index contributed by atoms with van der Waals surface area (Å²) in [6.45, 7) is 1.95. The Morgan fingerprint density at radius 2 is 2.25 bits per heavy atom. The molecule has 1 atom stereocenters. The Bertz CT molecular complexity index is 1100. The summed E-state index contributed by atoms with van der Waals surface area (Å²) in [5, 5.41) is 24.2. The van der Waals surface area contributed by atoms with Crippen LogP contribution >= 0.6 is 0 Å². The molecule has 0 spiro atoms. The first-order valence-corrected chi connectivity index (χ1v) is 8.90. The number of benzene rings is 1. The molecule has 3 aromatic rings. The van der Waals surface area contributed by atoms with Gasteiger partial charge in [-0.15, -0.1) is 0 Å². The van der Waals surface area contributed by atoms with Gasteiger partial charge >= 0.3 is 0 Å². The van der Waals surface area contributed by atoms with E-state index in [1.165, 1.54) is 12.4 Å². The molecule has 28 heavy (non-hydrogen) atoms. The lowest BCUT2D eigenvalue weighted by molar-refractivity contribution is 0.202. The molecule has 140 valence electrons. The van der Waals surface area contributed by atoms with Crippen LogP contribution in [0.25, 0.3) is 0 Å². The van der Waals surface area contributed by atoms with Crippen LogP contribution in [0.1, 0.15) is 40.7 Å². The second-order valence-corrected chi connectivity index (χ2v) is 6.72. The van der Waals surface area contributed by atoms with Gasteiger partial charge in [-0.05, 0) is 31.4 Å². The average molecular weight is 373 g/mol. The van der Waals surface area contributed by atoms with Crippen LogP contribution in [0.5, 0.6) is 5.75 Å². The molecule has 8 heteroatoms. The van der Waals surface area contributed by atoms with Gasteiger partial charge < -0.3 is 15.5 Å². The van der Waals surface area contributed by atoms with Crippen LogP contribution in [0.15, 0.2) is 30.7 Å². The Morgan fingerprint density at radius 1 is 1.39 bits per heavy atom. The minimum absolute atomic E-state index is 0.203. The van der Waals surface area contributed by atoms with Crippen molar-refractivity contribution in [1.82, 2.24) is 19.7 Å². The van der Waals surface area contributed by atoms with Crippen LogP contribution in [0.4, 0.5) is 11.4 Å². The average Bonchev–Trinajstić information content (AvgIpc) is 3.29. The molecule has 2 N–H and O–H groups in total. The molecule has 8 nitrogen and oxygen atoms in total. The van der Waals surface area contributed by atoms with Crippen molar-refractivity contribution in [2.45, 2.75) is 25.9 Å². The number of fused-ring (bicyclic) bond motifs is 1. The molecule has 0 fully saturated rings. The van der Waals surface area contributed by atoms with E-state index < -0.39 is 0 Å². The van der Waals surface area contributed by atoms with E-state index in [0.29, 0.717) is 5.69 Å². The van der Waals surface area contributed by atoms with E-state index in [9.17, 15) is 0 Å². The van der Waals surface area contributed by atoms with E-state index in [1.54, 1.807) is 10.9 Å². The topological polar surface area (TPSA) is 113 Å². The lowest BCUT2D eigenvalue weighted by Crippen LogP contribution is -2.08. The molecular weight excluding hydrogens is 354 g/mol. The summed E-state index contributed by atoms with van der Waals surface area (Å²) < 4.78 is 7.98. The van der Waals surface area contributed by atoms with E-state index in [0.717, 1.165) is 52.5 Å². The third-order valence-electron chi connectivity index (χ3n) is 4.70. The van der Waals surface area contributed by atoms with Crippen LogP contribution in [0.3, 0.4) is 0 Å². The summed E-state index contributed by atoms with van der Waals surface area (Å²) in [4.78, 5) is 8.73. The fourth-order valence-electron chi connectivity index (χ4n) is 3.32. The van der Waals surface area contributed by atoms with Gasteiger partial charge in [0.25, 0.3) is 0 Å². The minimum Gasteiger partial charge on any atom is -0.484 e. The largest absolute Gasteiger partial charge is 0.484 e. The normalized spacial score (nSPS) is 15.0. The maximum atomic E-state index is 8.99. The molecule has 0 bridgehead atoms. The number of hydrogen-bond donors (Lipinski definition) is 2. The van der Waals surface area contributed by atoms with Crippen LogP contribution in [-0.4, -0.2) is 26.0 Å². The second-order valence-electron chi connectivity index (χ2n) is 6.72. The summed E-state index contributed by atoms with van der Waals surface area (Å²) in [6, 6.07) is 5.84. The second kappa shape index (κ2) is 7.12. The molecule has 0 radical (unpaired) electrons. The minimum atomic E-state index is -0.203. The first kappa shape index (κ1) is 17.7. The van der Waals surface area contributed by atoms with E-state index in [4.69, 9.17) is 15.4 Å². The molecule has 1 aromatic carbocycles. The Hall–Kier alpha value is -3.73. The Morgan fingerprint density at radius 3 is 2.96 bits per heavy atom. The predicted octanol–water partition coefficient (Wildman–Crippen LogP) is 3.20. The van der Waals surface area contributed by atoms with Gasteiger partial charge in [0.15, 0.2) is 5.69 Å². The highest BCUT2D eigenvalue weighted by Crippen LogP contribution is 2.36. The Kier molecular flexibility index (Phi) is 4.49. The molecule has 4 rings (SSSR count). The van der Waals surface area contributed by atoms with Gasteiger partial charge in [-0.25, -0.2) is 4.98 Å². The molecular formula is C20H19N7O. The zero-order valence-corrected chi connectivity index (χ0v) is 15.6. The highest BCUT2D eigenvalue weighted by Gasteiger charge is 2.28. The zero-order chi connectivity index (χ0) is 19.7. The third-order valence-corrected chi connectivity index (χ3v) is 4.70. The first-order valence-electron chi connectivity index (χ1n) is 8.90. The predicted molar refractivity (Wildman–Crippen MR) is 104 cm³/mol. The summed E-state index contributed by atoms with van der Waals surface area (Å²) in [5.41, 5.74) is 5.25. The van der Waals surface area contributed by atoms with Gasteiger partial charge in [-0.1, -0.05) is 0 Å². The Balaban J connectivity index is 1.63. The van der Waals surface area contributed by atoms with Gasteiger partial charge in [0.1, 0.15) is 23.6 Å². The summed E-state index contributed by atoms with van der Waals surface area (Å²) >= 11 is 0. The fraction of sp³-hybridized carbons (Fsp3) is 0.250. The van der Waals surface area contributed by atoms with E-state index in [2.05, 4.69) is 20.4 Å². The number of ether oxygens (including phenoxy) is 1. The van der Waals surface area contributed by atoms with Crippen LogP contribution in [-0.2, 0) is 13.5 Å². The number of nitrogens with one attached hydrogen (secondary N) is 2. The van der Waals surface area contributed by atoms with Crippen LogP contribution in [0, 0.1) is 23.7 Å². The van der Waals surface area contributed by atoms with E-state index in [1.807, 2.05) is 38.4 Å². The Labute approximate surface area is 162 Å². The summed E-state index contributed by atoms with van der Waals surface area (Å²) in [5.74, 6) is 0.723. The third kappa shape index (κ3) is 3.30. The summed E-state index contributed by atoms with van der Waals surface area (Å²) in [7, 11) is 1.85. The van der Waals surface area contributed by atoms with Crippen molar-refractivity contribution in [3.63, 3.8) is 0 Å². The van der Waals surface area contributed by atoms with Crippen molar-refractivity contribution in [3.05, 3.63) is 58.9 Å². The fourth-order valence-corrected chi connectivity index (χ4v) is 3.32. The van der Waals surface area contributed by atoms with E-state index in [-0.39, 0.29) is 6.10 Å². The van der Waals surface area contributed by atoms with Gasteiger partial charge in [0.05, 0.1) is 29.5 Å².